The number of methoxy groups -OCH3 is 1. The summed E-state index contributed by atoms with van der Waals surface area (Å²) in [5.74, 6) is -1.20. The van der Waals surface area contributed by atoms with E-state index in [2.05, 4.69) is 14.7 Å². The van der Waals surface area contributed by atoms with Crippen LogP contribution in [0, 0.1) is 0 Å². The number of carboxylic acid groups (broad SMARTS) is 1. The molecule has 0 saturated carbocycles. The lowest BCUT2D eigenvalue weighted by atomic mass is 10.2. The van der Waals surface area contributed by atoms with Crippen LogP contribution in [0.15, 0.2) is 24.5 Å². The summed E-state index contributed by atoms with van der Waals surface area (Å²) in [4.78, 5) is 27.2. The van der Waals surface area contributed by atoms with Gasteiger partial charge in [0.05, 0.1) is 24.5 Å². The Bertz CT molecular complexity index is 529. The van der Waals surface area contributed by atoms with Crippen LogP contribution in [0.25, 0.3) is 11.0 Å². The van der Waals surface area contributed by atoms with Crippen LogP contribution < -0.4 is 0 Å². The smallest absolute Gasteiger partial charge is 0.340 e. The second kappa shape index (κ2) is 5.64. The number of nitrogens with one attached hydrogen (secondary N) is 1. The number of hydrogen-bond acceptors (Lipinski definition) is 4. The van der Waals surface area contributed by atoms with Gasteiger partial charge in [-0.3, -0.25) is 4.79 Å². The molecule has 0 bridgehead atoms. The van der Waals surface area contributed by atoms with E-state index in [0.29, 0.717) is 11.1 Å². The van der Waals surface area contributed by atoms with Gasteiger partial charge < -0.3 is 14.8 Å². The van der Waals surface area contributed by atoms with Gasteiger partial charge in [0.25, 0.3) is 5.97 Å². The Labute approximate surface area is 97.2 Å². The van der Waals surface area contributed by atoms with Gasteiger partial charge in [0, 0.05) is 6.92 Å². The van der Waals surface area contributed by atoms with E-state index in [9.17, 15) is 4.79 Å². The van der Waals surface area contributed by atoms with E-state index in [1.54, 1.807) is 18.5 Å². The molecule has 0 aliphatic rings. The third-order valence-electron chi connectivity index (χ3n) is 1.86. The number of hydrogen-bond donors (Lipinski definition) is 2. The van der Waals surface area contributed by atoms with Gasteiger partial charge >= 0.3 is 5.97 Å². The largest absolute Gasteiger partial charge is 0.481 e. The predicted octanol–water partition coefficient (Wildman–Crippen LogP) is 1.44. The Morgan fingerprint density at radius 3 is 2.65 bits per heavy atom. The van der Waals surface area contributed by atoms with Crippen molar-refractivity contribution in [2.75, 3.05) is 7.11 Å². The number of aromatic amines is 1. The molecule has 0 amide bonds. The Morgan fingerprint density at radius 2 is 2.06 bits per heavy atom. The number of imidazole rings is 1. The minimum Gasteiger partial charge on any atom is -0.481 e. The number of benzene rings is 1. The number of aromatic nitrogens is 2. The van der Waals surface area contributed by atoms with E-state index in [1.165, 1.54) is 7.11 Å². The van der Waals surface area contributed by atoms with Crippen molar-refractivity contribution in [2.45, 2.75) is 6.92 Å². The number of esters is 1. The molecule has 0 unspecified atom stereocenters. The molecule has 6 heteroatoms. The molecule has 1 aromatic carbocycles. The molecular formula is C11H12N2O4. The molecule has 1 aromatic heterocycles. The lowest BCUT2D eigenvalue weighted by Crippen LogP contribution is -2.01. The molecule has 2 aromatic rings. The monoisotopic (exact) mass is 236 g/mol. The minimum atomic E-state index is -0.833. The summed E-state index contributed by atoms with van der Waals surface area (Å²) in [7, 11) is 1.35. The number of rotatable bonds is 1. The Kier molecular flexibility index (Phi) is 4.21. The van der Waals surface area contributed by atoms with Crippen LogP contribution in [0.2, 0.25) is 0 Å². The van der Waals surface area contributed by atoms with Crippen LogP contribution in [0.4, 0.5) is 0 Å². The standard InChI is InChI=1S/C9H8N2O2.C2H4O2/c1-13-9(12)6-3-2-4-7-8(6)11-5-10-7;1-2(3)4/h2-5H,1H3,(H,10,11);1H3,(H,3,4). The second-order valence-electron chi connectivity index (χ2n) is 3.11. The molecule has 90 valence electrons. The highest BCUT2D eigenvalue weighted by Crippen LogP contribution is 2.14. The molecule has 0 saturated heterocycles. The number of carbonyl (C=O) groups is 2. The molecule has 0 fully saturated rings. The lowest BCUT2D eigenvalue weighted by Gasteiger charge is -1.98. The van der Waals surface area contributed by atoms with Crippen LogP contribution in [0.3, 0.4) is 0 Å². The van der Waals surface area contributed by atoms with Gasteiger partial charge in [0.2, 0.25) is 0 Å². The maximum absolute atomic E-state index is 11.2. The number of nitrogens with zero attached hydrogens (tertiary/aromatic N) is 1. The van der Waals surface area contributed by atoms with Crippen molar-refractivity contribution in [3.8, 4) is 0 Å². The summed E-state index contributed by atoms with van der Waals surface area (Å²) < 4.78 is 4.62. The maximum atomic E-state index is 11.2. The van der Waals surface area contributed by atoms with Crippen LogP contribution in [-0.2, 0) is 9.53 Å². The fourth-order valence-electron chi connectivity index (χ4n) is 1.24. The van der Waals surface area contributed by atoms with Crippen LogP contribution >= 0.6 is 0 Å². The molecular weight excluding hydrogens is 224 g/mol. The number of ether oxygens (including phenoxy) is 1. The van der Waals surface area contributed by atoms with Crippen molar-refractivity contribution in [1.82, 2.24) is 9.97 Å². The summed E-state index contributed by atoms with van der Waals surface area (Å²) in [5.41, 5.74) is 1.97. The average Bonchev–Trinajstić information content (AvgIpc) is 2.74. The molecule has 0 radical (unpaired) electrons. The number of aliphatic carboxylic acids is 1. The highest BCUT2D eigenvalue weighted by Gasteiger charge is 2.10. The fourth-order valence-corrected chi connectivity index (χ4v) is 1.24. The molecule has 0 atom stereocenters. The highest BCUT2D eigenvalue weighted by atomic mass is 16.5. The van der Waals surface area contributed by atoms with Crippen molar-refractivity contribution in [3.05, 3.63) is 30.1 Å². The van der Waals surface area contributed by atoms with Crippen molar-refractivity contribution in [2.24, 2.45) is 0 Å². The summed E-state index contributed by atoms with van der Waals surface area (Å²) in [5, 5.41) is 7.42. The van der Waals surface area contributed by atoms with Gasteiger partial charge in [-0.2, -0.15) is 0 Å². The van der Waals surface area contributed by atoms with E-state index in [1.807, 2.05) is 6.07 Å². The first-order valence-corrected chi connectivity index (χ1v) is 4.76. The predicted molar refractivity (Wildman–Crippen MR) is 60.7 cm³/mol. The van der Waals surface area contributed by atoms with Gasteiger partial charge in [0.15, 0.2) is 0 Å². The maximum Gasteiger partial charge on any atom is 0.340 e. The highest BCUT2D eigenvalue weighted by molar-refractivity contribution is 6.01. The second-order valence-corrected chi connectivity index (χ2v) is 3.11. The molecule has 17 heavy (non-hydrogen) atoms. The zero-order valence-corrected chi connectivity index (χ0v) is 9.43. The van der Waals surface area contributed by atoms with Crippen LogP contribution in [0.1, 0.15) is 17.3 Å². The Hall–Kier alpha value is -2.37. The van der Waals surface area contributed by atoms with Gasteiger partial charge in [-0.15, -0.1) is 0 Å². The summed E-state index contributed by atoms with van der Waals surface area (Å²) in [6, 6.07) is 5.33. The SMILES string of the molecule is CC(=O)O.COC(=O)c1cccc2[nH]cnc12. The van der Waals surface area contributed by atoms with E-state index >= 15 is 0 Å². The minimum absolute atomic E-state index is 0.363. The molecule has 0 spiro atoms. The topological polar surface area (TPSA) is 92.3 Å². The number of fused-ring (bicyclic) bond motifs is 1. The van der Waals surface area contributed by atoms with Crippen molar-refractivity contribution < 1.29 is 19.4 Å². The van der Waals surface area contributed by atoms with Gasteiger partial charge in [0.1, 0.15) is 5.52 Å². The number of carboxylic acids is 1. The molecule has 2 N–H and O–H groups in total. The van der Waals surface area contributed by atoms with E-state index in [-0.39, 0.29) is 5.97 Å². The van der Waals surface area contributed by atoms with Crippen molar-refractivity contribution in [1.29, 1.82) is 0 Å². The summed E-state index contributed by atoms with van der Waals surface area (Å²) in [6.07, 6.45) is 1.55. The molecule has 1 heterocycles. The van der Waals surface area contributed by atoms with Gasteiger partial charge in [-0.05, 0) is 12.1 Å². The lowest BCUT2D eigenvalue weighted by molar-refractivity contribution is -0.134. The molecule has 0 aliphatic heterocycles. The average molecular weight is 236 g/mol. The van der Waals surface area contributed by atoms with Gasteiger partial charge in [-0.1, -0.05) is 6.07 Å². The first kappa shape index (κ1) is 12.7. The first-order chi connectivity index (χ1) is 8.06. The normalized spacial score (nSPS) is 9.29. The van der Waals surface area contributed by atoms with E-state index in [0.717, 1.165) is 12.4 Å². The zero-order valence-electron chi connectivity index (χ0n) is 9.43. The third kappa shape index (κ3) is 3.30. The summed E-state index contributed by atoms with van der Waals surface area (Å²) >= 11 is 0. The van der Waals surface area contributed by atoms with Gasteiger partial charge in [-0.25, -0.2) is 9.78 Å². The molecule has 0 aliphatic carbocycles. The number of H-pyrrole nitrogens is 1. The quantitative estimate of drug-likeness (QED) is 0.731. The Morgan fingerprint density at radius 1 is 1.41 bits per heavy atom. The van der Waals surface area contributed by atoms with Crippen LogP contribution in [-0.4, -0.2) is 34.1 Å². The zero-order chi connectivity index (χ0) is 12.8. The number of para-hydroxylation sites is 1. The van der Waals surface area contributed by atoms with E-state index in [4.69, 9.17) is 9.90 Å². The fraction of sp³-hybridized carbons (Fsp3) is 0.182. The third-order valence-corrected chi connectivity index (χ3v) is 1.86. The number of carbonyl (C=O) groups excluding carboxylic acids is 1. The molecule has 2 rings (SSSR count). The van der Waals surface area contributed by atoms with Crippen LogP contribution in [0.5, 0.6) is 0 Å². The molecule has 6 nitrogen and oxygen atoms in total. The van der Waals surface area contributed by atoms with Crippen molar-refractivity contribution >= 4 is 23.0 Å². The Balaban J connectivity index is 0.000000317. The first-order valence-electron chi connectivity index (χ1n) is 4.76. The van der Waals surface area contributed by atoms with E-state index < -0.39 is 5.97 Å². The summed E-state index contributed by atoms with van der Waals surface area (Å²) in [6.45, 7) is 1.08. The van der Waals surface area contributed by atoms with Crippen molar-refractivity contribution in [3.63, 3.8) is 0 Å².